The van der Waals surface area contributed by atoms with Gasteiger partial charge >= 0.3 is 5.97 Å². The van der Waals surface area contributed by atoms with Crippen molar-refractivity contribution in [3.8, 4) is 5.75 Å². The van der Waals surface area contributed by atoms with E-state index in [0.29, 0.717) is 18.3 Å². The number of aromatic carboxylic acids is 1. The number of fused-ring (bicyclic) bond motifs is 1. The van der Waals surface area contributed by atoms with Crippen molar-refractivity contribution in [2.45, 2.75) is 26.7 Å². The Balaban J connectivity index is 2.68. The number of carbonyl (C=O) groups is 1. The molecule has 0 aromatic heterocycles. The lowest BCUT2D eigenvalue weighted by molar-refractivity contribution is 0.0696. The molecule has 0 saturated carbocycles. The number of ether oxygens (including phenoxy) is 1. The second kappa shape index (κ2) is 5.31. The molecule has 0 heterocycles. The molecule has 0 fully saturated rings. The molecule has 0 aliphatic carbocycles. The van der Waals surface area contributed by atoms with Crippen LogP contribution < -0.4 is 4.74 Å². The predicted molar refractivity (Wildman–Crippen MR) is 76.2 cm³/mol. The molecule has 3 heteroatoms. The molecule has 2 aromatic carbocycles. The number of hydrogen-bond donors (Lipinski definition) is 1. The van der Waals surface area contributed by atoms with Gasteiger partial charge in [0.25, 0.3) is 0 Å². The number of benzene rings is 2. The Kier molecular flexibility index (Phi) is 3.74. The zero-order valence-electron chi connectivity index (χ0n) is 11.4. The SMILES string of the molecule is CCOc1cc(C(=O)O)cc2ccc(C(C)C)cc12. The van der Waals surface area contributed by atoms with Crippen molar-refractivity contribution in [2.24, 2.45) is 0 Å². The fraction of sp³-hybridized carbons (Fsp3) is 0.312. The van der Waals surface area contributed by atoms with Crippen LogP contribution in [0.15, 0.2) is 30.3 Å². The lowest BCUT2D eigenvalue weighted by Crippen LogP contribution is -2.00. The van der Waals surface area contributed by atoms with Crippen molar-refractivity contribution in [2.75, 3.05) is 6.61 Å². The van der Waals surface area contributed by atoms with E-state index in [4.69, 9.17) is 9.84 Å². The third-order valence-electron chi connectivity index (χ3n) is 3.15. The van der Waals surface area contributed by atoms with Gasteiger partial charge in [-0.1, -0.05) is 26.0 Å². The monoisotopic (exact) mass is 258 g/mol. The van der Waals surface area contributed by atoms with E-state index in [1.54, 1.807) is 12.1 Å². The Labute approximate surface area is 112 Å². The summed E-state index contributed by atoms with van der Waals surface area (Å²) in [7, 11) is 0. The molecule has 0 spiro atoms. The summed E-state index contributed by atoms with van der Waals surface area (Å²) < 4.78 is 5.58. The van der Waals surface area contributed by atoms with Crippen molar-refractivity contribution in [1.82, 2.24) is 0 Å². The zero-order chi connectivity index (χ0) is 14.0. The summed E-state index contributed by atoms with van der Waals surface area (Å²) >= 11 is 0. The highest BCUT2D eigenvalue weighted by molar-refractivity contribution is 5.97. The molecular formula is C16H18O3. The van der Waals surface area contributed by atoms with Crippen molar-refractivity contribution >= 4 is 16.7 Å². The van der Waals surface area contributed by atoms with E-state index in [9.17, 15) is 4.79 Å². The lowest BCUT2D eigenvalue weighted by Gasteiger charge is -2.12. The van der Waals surface area contributed by atoms with Gasteiger partial charge in [-0.3, -0.25) is 0 Å². The summed E-state index contributed by atoms with van der Waals surface area (Å²) in [6.45, 7) is 6.68. The van der Waals surface area contributed by atoms with Gasteiger partial charge in [-0.25, -0.2) is 4.79 Å². The van der Waals surface area contributed by atoms with Gasteiger partial charge in [0.2, 0.25) is 0 Å². The van der Waals surface area contributed by atoms with Gasteiger partial charge in [0.15, 0.2) is 0 Å². The number of hydrogen-bond acceptors (Lipinski definition) is 2. The van der Waals surface area contributed by atoms with Crippen LogP contribution in [0.3, 0.4) is 0 Å². The van der Waals surface area contributed by atoms with Crippen molar-refractivity contribution in [3.05, 3.63) is 41.5 Å². The van der Waals surface area contributed by atoms with Gasteiger partial charge < -0.3 is 9.84 Å². The molecule has 0 aliphatic rings. The van der Waals surface area contributed by atoms with E-state index in [2.05, 4.69) is 19.9 Å². The molecule has 0 amide bonds. The van der Waals surface area contributed by atoms with Gasteiger partial charge in [0.05, 0.1) is 12.2 Å². The minimum atomic E-state index is -0.934. The van der Waals surface area contributed by atoms with E-state index in [1.165, 1.54) is 5.56 Å². The maximum Gasteiger partial charge on any atom is 0.335 e. The summed E-state index contributed by atoms with van der Waals surface area (Å²) in [6, 6.07) is 9.35. The molecule has 3 nitrogen and oxygen atoms in total. The minimum Gasteiger partial charge on any atom is -0.493 e. The smallest absolute Gasteiger partial charge is 0.335 e. The Morgan fingerprint density at radius 2 is 2.00 bits per heavy atom. The van der Waals surface area contributed by atoms with Crippen LogP contribution in [0.4, 0.5) is 0 Å². The number of carboxylic acid groups (broad SMARTS) is 1. The average molecular weight is 258 g/mol. The molecule has 0 atom stereocenters. The molecule has 0 unspecified atom stereocenters. The fourth-order valence-electron chi connectivity index (χ4n) is 2.10. The van der Waals surface area contributed by atoms with Crippen molar-refractivity contribution in [1.29, 1.82) is 0 Å². The average Bonchev–Trinajstić information content (AvgIpc) is 2.38. The second-order valence-electron chi connectivity index (χ2n) is 4.85. The van der Waals surface area contributed by atoms with E-state index in [1.807, 2.05) is 19.1 Å². The van der Waals surface area contributed by atoms with Gasteiger partial charge in [-0.15, -0.1) is 0 Å². The van der Waals surface area contributed by atoms with E-state index in [-0.39, 0.29) is 5.56 Å². The maximum atomic E-state index is 11.1. The summed E-state index contributed by atoms with van der Waals surface area (Å²) in [6.07, 6.45) is 0. The first-order valence-electron chi connectivity index (χ1n) is 6.46. The molecule has 1 N–H and O–H groups in total. The van der Waals surface area contributed by atoms with Crippen molar-refractivity contribution < 1.29 is 14.6 Å². The molecule has 2 rings (SSSR count). The fourth-order valence-corrected chi connectivity index (χ4v) is 2.10. The molecule has 0 bridgehead atoms. The van der Waals surface area contributed by atoms with Crippen LogP contribution in [0, 0.1) is 0 Å². The normalized spacial score (nSPS) is 10.9. The minimum absolute atomic E-state index is 0.258. The van der Waals surface area contributed by atoms with Crippen LogP contribution in [-0.2, 0) is 0 Å². The van der Waals surface area contributed by atoms with Crippen LogP contribution in [0.25, 0.3) is 10.8 Å². The van der Waals surface area contributed by atoms with Gasteiger partial charge in [-0.05, 0) is 42.0 Å². The molecule has 0 radical (unpaired) electrons. The maximum absolute atomic E-state index is 11.1. The Morgan fingerprint density at radius 1 is 1.26 bits per heavy atom. The second-order valence-corrected chi connectivity index (χ2v) is 4.85. The molecule has 2 aromatic rings. The summed E-state index contributed by atoms with van der Waals surface area (Å²) in [5, 5.41) is 11.0. The topological polar surface area (TPSA) is 46.5 Å². The molecule has 0 aliphatic heterocycles. The quantitative estimate of drug-likeness (QED) is 0.899. The van der Waals surface area contributed by atoms with Crippen molar-refractivity contribution in [3.63, 3.8) is 0 Å². The first-order valence-corrected chi connectivity index (χ1v) is 6.46. The third kappa shape index (κ3) is 2.70. The van der Waals surface area contributed by atoms with E-state index < -0.39 is 5.97 Å². The van der Waals surface area contributed by atoms with E-state index in [0.717, 1.165) is 10.8 Å². The molecule has 19 heavy (non-hydrogen) atoms. The largest absolute Gasteiger partial charge is 0.493 e. The highest BCUT2D eigenvalue weighted by Gasteiger charge is 2.11. The highest BCUT2D eigenvalue weighted by Crippen LogP contribution is 2.30. The standard InChI is InChI=1S/C16H18O3/c1-4-19-15-9-13(16(17)18)7-12-6-5-11(10(2)3)8-14(12)15/h5-10H,4H2,1-3H3,(H,17,18). The predicted octanol–water partition coefficient (Wildman–Crippen LogP) is 4.06. The van der Waals surface area contributed by atoms with Gasteiger partial charge in [-0.2, -0.15) is 0 Å². The first-order chi connectivity index (χ1) is 9.02. The van der Waals surface area contributed by atoms with Crippen LogP contribution in [0.1, 0.15) is 42.6 Å². The zero-order valence-corrected chi connectivity index (χ0v) is 11.4. The van der Waals surface area contributed by atoms with Crippen LogP contribution in [0.5, 0.6) is 5.75 Å². The Bertz CT molecular complexity index is 615. The van der Waals surface area contributed by atoms with Crippen LogP contribution >= 0.6 is 0 Å². The summed E-state index contributed by atoms with van der Waals surface area (Å²) in [5.41, 5.74) is 1.48. The van der Waals surface area contributed by atoms with Gasteiger partial charge in [0.1, 0.15) is 5.75 Å². The molecule has 100 valence electrons. The lowest BCUT2D eigenvalue weighted by atomic mass is 9.97. The first kappa shape index (κ1) is 13.4. The summed E-state index contributed by atoms with van der Waals surface area (Å²) in [4.78, 5) is 11.1. The number of rotatable bonds is 4. The van der Waals surface area contributed by atoms with Crippen LogP contribution in [-0.4, -0.2) is 17.7 Å². The van der Waals surface area contributed by atoms with Crippen LogP contribution in [0.2, 0.25) is 0 Å². The molecular weight excluding hydrogens is 240 g/mol. The third-order valence-corrected chi connectivity index (χ3v) is 3.15. The molecule has 0 saturated heterocycles. The Hall–Kier alpha value is -2.03. The van der Waals surface area contributed by atoms with Gasteiger partial charge in [0, 0.05) is 5.39 Å². The summed E-state index contributed by atoms with van der Waals surface area (Å²) in [5.74, 6) is 0.133. The Morgan fingerprint density at radius 3 is 2.58 bits per heavy atom. The van der Waals surface area contributed by atoms with E-state index >= 15 is 0 Å². The highest BCUT2D eigenvalue weighted by atomic mass is 16.5. The number of carboxylic acids is 1.